The number of rotatable bonds is 11. The summed E-state index contributed by atoms with van der Waals surface area (Å²) in [4.78, 5) is 43.1. The predicted octanol–water partition coefficient (Wildman–Crippen LogP) is 4.42. The normalized spacial score (nSPS) is 17.0. The highest BCUT2D eigenvalue weighted by molar-refractivity contribution is 6.20. The Morgan fingerprint density at radius 3 is 2.25 bits per heavy atom. The number of aliphatic imine (C=N–C) groups is 1. The summed E-state index contributed by atoms with van der Waals surface area (Å²) in [5.41, 5.74) is 6.88. The number of amides is 3. The van der Waals surface area contributed by atoms with Crippen molar-refractivity contribution in [1.29, 1.82) is 0 Å². The Bertz CT molecular complexity index is 1260. The Morgan fingerprint density at radius 2 is 1.68 bits per heavy atom. The van der Waals surface area contributed by atoms with Gasteiger partial charge < -0.3 is 21.1 Å². The van der Waals surface area contributed by atoms with Crippen molar-refractivity contribution < 1.29 is 41.1 Å². The number of benzodiazepines with no additional fused rings is 1. The number of fused-ring (bicyclic) bond motifs is 1. The zero-order chi connectivity index (χ0) is 29.7. The van der Waals surface area contributed by atoms with E-state index in [1.54, 1.807) is 48.5 Å². The second-order valence-electron chi connectivity index (χ2n) is 9.51. The first-order valence-electron chi connectivity index (χ1n) is 12.4. The van der Waals surface area contributed by atoms with Crippen LogP contribution in [0.25, 0.3) is 0 Å². The Balaban J connectivity index is 2.01. The standard InChI is InChI=1S/C27H29F5N4O4/c1-26(28,29)13-11-16(22(33)37)17(12-14-27(30,31)32)24(38)36-23-25(39)35-21-18(9-6-10-19(21)40-2)20(34-23)15-7-4-3-5-8-15/h3-10,16-17,23H,11-14H2,1-2H3,(H2,33,37)(H,35,39)(H,36,38). The van der Waals surface area contributed by atoms with Crippen LogP contribution in [-0.2, 0) is 14.4 Å². The summed E-state index contributed by atoms with van der Waals surface area (Å²) >= 11 is 0. The van der Waals surface area contributed by atoms with E-state index in [4.69, 9.17) is 10.5 Å². The SMILES string of the molecule is COc1cccc2c1NC(=O)C(NC(=O)C(CCC(F)(F)F)C(CCC(C)(F)F)C(N)=O)N=C2c1ccccc1. The van der Waals surface area contributed by atoms with Gasteiger partial charge in [-0.1, -0.05) is 42.5 Å². The highest BCUT2D eigenvalue weighted by atomic mass is 19.4. The predicted molar refractivity (Wildman–Crippen MR) is 137 cm³/mol. The van der Waals surface area contributed by atoms with E-state index in [1.165, 1.54) is 7.11 Å². The van der Waals surface area contributed by atoms with Gasteiger partial charge in [-0.15, -0.1) is 0 Å². The third kappa shape index (κ3) is 7.99. The first-order chi connectivity index (χ1) is 18.7. The zero-order valence-electron chi connectivity index (χ0n) is 21.7. The number of carbonyl (C=O) groups excluding carboxylic acids is 3. The summed E-state index contributed by atoms with van der Waals surface area (Å²) in [6, 6.07) is 13.5. The Labute approximate surface area is 227 Å². The van der Waals surface area contributed by atoms with Gasteiger partial charge >= 0.3 is 6.18 Å². The molecule has 0 bridgehead atoms. The lowest BCUT2D eigenvalue weighted by atomic mass is 9.83. The van der Waals surface area contributed by atoms with Gasteiger partial charge in [0, 0.05) is 35.8 Å². The van der Waals surface area contributed by atoms with Gasteiger partial charge in [0.25, 0.3) is 5.91 Å². The molecule has 0 fully saturated rings. The monoisotopic (exact) mass is 568 g/mol. The van der Waals surface area contributed by atoms with E-state index in [0.717, 1.165) is 0 Å². The number of carbonyl (C=O) groups is 3. The zero-order valence-corrected chi connectivity index (χ0v) is 21.7. The minimum absolute atomic E-state index is 0.253. The van der Waals surface area contributed by atoms with Crippen molar-refractivity contribution in [2.45, 2.75) is 50.9 Å². The molecule has 1 heterocycles. The number of benzene rings is 2. The lowest BCUT2D eigenvalue weighted by Gasteiger charge is -2.26. The summed E-state index contributed by atoms with van der Waals surface area (Å²) in [6.07, 6.45) is -10.2. The summed E-state index contributed by atoms with van der Waals surface area (Å²) in [7, 11) is 1.39. The number of methoxy groups -OCH3 is 1. The number of ether oxygens (including phenoxy) is 1. The fourth-order valence-corrected chi connectivity index (χ4v) is 4.43. The number of alkyl halides is 5. The number of anilines is 1. The summed E-state index contributed by atoms with van der Waals surface area (Å²) in [5.74, 6) is -9.54. The third-order valence-corrected chi connectivity index (χ3v) is 6.40. The molecule has 0 spiro atoms. The third-order valence-electron chi connectivity index (χ3n) is 6.40. The van der Waals surface area contributed by atoms with Gasteiger partial charge in [-0.25, -0.2) is 13.8 Å². The Hall–Kier alpha value is -4.03. The first-order valence-corrected chi connectivity index (χ1v) is 12.4. The van der Waals surface area contributed by atoms with E-state index in [1.807, 2.05) is 0 Å². The van der Waals surface area contributed by atoms with Crippen molar-refractivity contribution in [1.82, 2.24) is 5.32 Å². The van der Waals surface area contributed by atoms with Gasteiger partial charge in [-0.3, -0.25) is 14.4 Å². The summed E-state index contributed by atoms with van der Waals surface area (Å²) in [6.45, 7) is 0.581. The van der Waals surface area contributed by atoms with Gasteiger partial charge in [-0.2, -0.15) is 13.2 Å². The van der Waals surface area contributed by atoms with Gasteiger partial charge in [0.05, 0.1) is 18.5 Å². The van der Waals surface area contributed by atoms with Gasteiger partial charge in [0.15, 0.2) is 0 Å². The smallest absolute Gasteiger partial charge is 0.389 e. The number of nitrogens with two attached hydrogens (primary N) is 1. The molecule has 1 aliphatic heterocycles. The molecule has 3 unspecified atom stereocenters. The molecule has 0 saturated carbocycles. The molecule has 0 saturated heterocycles. The van der Waals surface area contributed by atoms with Crippen LogP contribution >= 0.6 is 0 Å². The Morgan fingerprint density at radius 1 is 1.02 bits per heavy atom. The second-order valence-corrected chi connectivity index (χ2v) is 9.51. The molecule has 4 N–H and O–H groups in total. The molecule has 8 nitrogen and oxygen atoms in total. The molecule has 216 valence electrons. The van der Waals surface area contributed by atoms with Crippen molar-refractivity contribution in [3.63, 3.8) is 0 Å². The van der Waals surface area contributed by atoms with Crippen LogP contribution in [0.3, 0.4) is 0 Å². The van der Waals surface area contributed by atoms with E-state index >= 15 is 0 Å². The van der Waals surface area contributed by atoms with Crippen LogP contribution in [0.2, 0.25) is 0 Å². The average molecular weight is 569 g/mol. The summed E-state index contributed by atoms with van der Waals surface area (Å²) < 4.78 is 71.7. The molecule has 1 aliphatic rings. The highest BCUT2D eigenvalue weighted by Crippen LogP contribution is 2.34. The van der Waals surface area contributed by atoms with Crippen molar-refractivity contribution in [2.24, 2.45) is 22.6 Å². The topological polar surface area (TPSA) is 123 Å². The molecule has 3 atom stereocenters. The number of primary amides is 1. The maximum atomic E-state index is 13.5. The summed E-state index contributed by atoms with van der Waals surface area (Å²) in [5, 5.41) is 4.93. The van der Waals surface area contributed by atoms with Crippen molar-refractivity contribution in [3.8, 4) is 5.75 Å². The number of para-hydroxylation sites is 1. The van der Waals surface area contributed by atoms with Gasteiger partial charge in [-0.05, 0) is 25.8 Å². The minimum atomic E-state index is -4.70. The van der Waals surface area contributed by atoms with Crippen LogP contribution < -0.4 is 21.1 Å². The average Bonchev–Trinajstić information content (AvgIpc) is 3.01. The molecular formula is C27H29F5N4O4. The molecule has 3 amide bonds. The largest absolute Gasteiger partial charge is 0.495 e. The van der Waals surface area contributed by atoms with Crippen molar-refractivity contribution >= 4 is 29.1 Å². The number of halogens is 5. The van der Waals surface area contributed by atoms with Crippen molar-refractivity contribution in [2.75, 3.05) is 12.4 Å². The lowest BCUT2D eigenvalue weighted by Crippen LogP contribution is -2.48. The van der Waals surface area contributed by atoms with Crippen LogP contribution in [0.5, 0.6) is 5.75 Å². The molecule has 3 rings (SSSR count). The fraction of sp³-hybridized carbons (Fsp3) is 0.407. The maximum Gasteiger partial charge on any atom is 0.389 e. The van der Waals surface area contributed by atoms with Gasteiger partial charge in [0.2, 0.25) is 23.9 Å². The fourth-order valence-electron chi connectivity index (χ4n) is 4.43. The minimum Gasteiger partial charge on any atom is -0.495 e. The quantitative estimate of drug-likeness (QED) is 0.347. The van der Waals surface area contributed by atoms with E-state index in [9.17, 15) is 36.3 Å². The maximum absolute atomic E-state index is 13.5. The van der Waals surface area contributed by atoms with Crippen LogP contribution in [0.15, 0.2) is 53.5 Å². The second kappa shape index (κ2) is 12.4. The van der Waals surface area contributed by atoms with Crippen LogP contribution in [-0.4, -0.2) is 48.8 Å². The lowest BCUT2D eigenvalue weighted by molar-refractivity contribution is -0.147. The molecule has 0 aliphatic carbocycles. The van der Waals surface area contributed by atoms with Crippen molar-refractivity contribution in [3.05, 3.63) is 59.7 Å². The van der Waals surface area contributed by atoms with Crippen LogP contribution in [0.4, 0.5) is 27.6 Å². The van der Waals surface area contributed by atoms with Crippen LogP contribution in [0, 0.1) is 11.8 Å². The number of hydrogen-bond donors (Lipinski definition) is 3. The van der Waals surface area contributed by atoms with Gasteiger partial charge in [0.1, 0.15) is 5.75 Å². The number of hydrogen-bond acceptors (Lipinski definition) is 5. The van der Waals surface area contributed by atoms with Crippen LogP contribution in [0.1, 0.15) is 43.7 Å². The molecular weight excluding hydrogens is 539 g/mol. The first kappa shape index (κ1) is 30.5. The molecule has 40 heavy (non-hydrogen) atoms. The molecule has 0 aromatic heterocycles. The molecule has 2 aromatic carbocycles. The van der Waals surface area contributed by atoms with E-state index in [-0.39, 0.29) is 11.4 Å². The molecule has 13 heteroatoms. The molecule has 2 aromatic rings. The Kier molecular flexibility index (Phi) is 9.48. The van der Waals surface area contributed by atoms with E-state index in [2.05, 4.69) is 15.6 Å². The number of nitrogens with zero attached hydrogens (tertiary/aromatic N) is 1. The number of nitrogens with one attached hydrogen (secondary N) is 2. The van der Waals surface area contributed by atoms with E-state index < -0.39 is 73.5 Å². The molecule has 0 radical (unpaired) electrons. The highest BCUT2D eigenvalue weighted by Gasteiger charge is 2.40. The van der Waals surface area contributed by atoms with E-state index in [0.29, 0.717) is 23.8 Å².